The van der Waals surface area contributed by atoms with E-state index >= 15 is 0 Å². The van der Waals surface area contributed by atoms with Crippen LogP contribution < -0.4 is 5.43 Å². The third kappa shape index (κ3) is 3.19. The minimum absolute atomic E-state index is 0.253. The molecular formula is C10H5Br2ClN4. The topological polar surface area (TPSA) is 72.0 Å². The van der Waals surface area contributed by atoms with Crippen LogP contribution in [0.15, 0.2) is 20.1 Å². The van der Waals surface area contributed by atoms with Crippen LogP contribution in [-0.4, -0.2) is 5.71 Å². The molecule has 86 valence electrons. The number of nitriles is 2. The van der Waals surface area contributed by atoms with Crippen LogP contribution in [0.3, 0.4) is 0 Å². The van der Waals surface area contributed by atoms with Crippen molar-refractivity contribution in [2.45, 2.75) is 6.92 Å². The molecule has 0 fully saturated rings. The molecule has 0 aliphatic heterocycles. The van der Waals surface area contributed by atoms with E-state index in [2.05, 4.69) is 42.4 Å². The van der Waals surface area contributed by atoms with Gasteiger partial charge in [0, 0.05) is 14.0 Å². The second kappa shape index (κ2) is 6.02. The van der Waals surface area contributed by atoms with Crippen LogP contribution in [0.2, 0.25) is 5.02 Å². The third-order valence-corrected chi connectivity index (χ3v) is 3.90. The molecule has 0 aliphatic carbocycles. The van der Waals surface area contributed by atoms with E-state index in [1.807, 2.05) is 6.92 Å². The normalized spacial score (nSPS) is 9.06. The van der Waals surface area contributed by atoms with E-state index in [0.717, 1.165) is 10.0 Å². The molecule has 0 atom stereocenters. The van der Waals surface area contributed by atoms with Gasteiger partial charge in [-0.3, -0.25) is 5.43 Å². The van der Waals surface area contributed by atoms with Crippen LogP contribution in [0.4, 0.5) is 5.69 Å². The summed E-state index contributed by atoms with van der Waals surface area (Å²) in [7, 11) is 0. The summed E-state index contributed by atoms with van der Waals surface area (Å²) in [5.41, 5.74) is 3.83. The lowest BCUT2D eigenvalue weighted by atomic mass is 10.2. The lowest BCUT2D eigenvalue weighted by Gasteiger charge is -2.10. The van der Waals surface area contributed by atoms with Crippen molar-refractivity contribution in [3.05, 3.63) is 25.6 Å². The molecule has 4 nitrogen and oxygen atoms in total. The van der Waals surface area contributed by atoms with Crippen molar-refractivity contribution in [3.63, 3.8) is 0 Å². The fourth-order valence-electron chi connectivity index (χ4n) is 0.978. The van der Waals surface area contributed by atoms with E-state index in [1.165, 1.54) is 0 Å². The molecule has 0 saturated heterocycles. The summed E-state index contributed by atoms with van der Waals surface area (Å²) in [4.78, 5) is 0. The maximum absolute atomic E-state index is 8.55. The molecule has 1 aromatic rings. The quantitative estimate of drug-likeness (QED) is 0.627. The highest BCUT2D eigenvalue weighted by Crippen LogP contribution is 2.37. The summed E-state index contributed by atoms with van der Waals surface area (Å²) in [6.45, 7) is 1.84. The van der Waals surface area contributed by atoms with Crippen molar-refractivity contribution >= 4 is 54.9 Å². The molecule has 0 bridgehead atoms. The molecule has 0 saturated carbocycles. The largest absolute Gasteiger partial charge is 0.274 e. The zero-order valence-electron chi connectivity index (χ0n) is 8.55. The molecule has 0 heterocycles. The standard InChI is InChI=1S/C10H5Br2ClN4/c1-5-8(13)2-7(11)10(9(5)12)17-16-6(3-14)4-15/h2,17H,1H3. The average molecular weight is 376 g/mol. The van der Waals surface area contributed by atoms with Gasteiger partial charge in [-0.1, -0.05) is 11.6 Å². The van der Waals surface area contributed by atoms with E-state index in [4.69, 9.17) is 22.1 Å². The second-order valence-corrected chi connectivity index (χ2v) is 5.00. The Labute approximate surface area is 120 Å². The van der Waals surface area contributed by atoms with Crippen LogP contribution in [-0.2, 0) is 0 Å². The summed E-state index contributed by atoms with van der Waals surface area (Å²) in [5.74, 6) is 0. The predicted molar refractivity (Wildman–Crippen MR) is 73.9 cm³/mol. The number of halogens is 3. The van der Waals surface area contributed by atoms with Crippen molar-refractivity contribution in [1.82, 2.24) is 0 Å². The van der Waals surface area contributed by atoms with Gasteiger partial charge in [-0.15, -0.1) is 0 Å². The highest BCUT2D eigenvalue weighted by molar-refractivity contribution is 9.11. The molecule has 0 spiro atoms. The first-order valence-corrected chi connectivity index (χ1v) is 6.25. The minimum atomic E-state index is -0.253. The van der Waals surface area contributed by atoms with Gasteiger partial charge >= 0.3 is 0 Å². The zero-order chi connectivity index (χ0) is 13.0. The maximum atomic E-state index is 8.55. The summed E-state index contributed by atoms with van der Waals surface area (Å²) in [5, 5.41) is 21.4. The molecule has 0 aromatic heterocycles. The van der Waals surface area contributed by atoms with Crippen LogP contribution in [0.25, 0.3) is 0 Å². The molecule has 1 N–H and O–H groups in total. The lowest BCUT2D eigenvalue weighted by Crippen LogP contribution is -1.99. The van der Waals surface area contributed by atoms with E-state index in [9.17, 15) is 0 Å². The van der Waals surface area contributed by atoms with Crippen molar-refractivity contribution in [2.24, 2.45) is 5.10 Å². The molecule has 0 unspecified atom stereocenters. The summed E-state index contributed by atoms with van der Waals surface area (Å²) in [6.07, 6.45) is 0. The molecule has 7 heteroatoms. The SMILES string of the molecule is Cc1c(Cl)cc(Br)c(NN=C(C#N)C#N)c1Br. The van der Waals surface area contributed by atoms with Gasteiger partial charge in [0.1, 0.15) is 12.1 Å². The Morgan fingerprint density at radius 1 is 1.41 bits per heavy atom. The van der Waals surface area contributed by atoms with E-state index in [1.54, 1.807) is 18.2 Å². The Kier molecular flexibility index (Phi) is 4.95. The Morgan fingerprint density at radius 3 is 2.53 bits per heavy atom. The van der Waals surface area contributed by atoms with Crippen molar-refractivity contribution < 1.29 is 0 Å². The van der Waals surface area contributed by atoms with Crippen molar-refractivity contribution in [1.29, 1.82) is 10.5 Å². The molecule has 0 radical (unpaired) electrons. The maximum Gasteiger partial charge on any atom is 0.237 e. The number of benzene rings is 1. The molecule has 0 amide bonds. The summed E-state index contributed by atoms with van der Waals surface area (Å²) >= 11 is 12.7. The Morgan fingerprint density at radius 2 is 2.00 bits per heavy atom. The number of rotatable bonds is 2. The van der Waals surface area contributed by atoms with E-state index < -0.39 is 0 Å². The molecule has 1 rings (SSSR count). The number of anilines is 1. The van der Waals surface area contributed by atoms with Gasteiger partial charge in [0.15, 0.2) is 0 Å². The number of hydrogen-bond donors (Lipinski definition) is 1. The first-order valence-electron chi connectivity index (χ1n) is 4.29. The monoisotopic (exact) mass is 374 g/mol. The third-order valence-electron chi connectivity index (χ3n) is 1.89. The number of hydrogen-bond acceptors (Lipinski definition) is 4. The number of nitrogens with zero attached hydrogens (tertiary/aromatic N) is 3. The van der Waals surface area contributed by atoms with Crippen LogP contribution in [0.5, 0.6) is 0 Å². The van der Waals surface area contributed by atoms with E-state index in [0.29, 0.717) is 15.2 Å². The molecular weight excluding hydrogens is 371 g/mol. The van der Waals surface area contributed by atoms with Gasteiger partial charge in [-0.25, -0.2) is 0 Å². The fourth-order valence-corrected chi connectivity index (χ4v) is 2.73. The van der Waals surface area contributed by atoms with Gasteiger partial charge in [0.2, 0.25) is 5.71 Å². The van der Waals surface area contributed by atoms with Gasteiger partial charge in [0.25, 0.3) is 0 Å². The fraction of sp³-hybridized carbons (Fsp3) is 0.100. The Balaban J connectivity index is 3.18. The van der Waals surface area contributed by atoms with Crippen LogP contribution in [0, 0.1) is 29.6 Å². The lowest BCUT2D eigenvalue weighted by molar-refractivity contribution is 1.29. The Hall–Kier alpha value is -1.08. The molecule has 17 heavy (non-hydrogen) atoms. The van der Waals surface area contributed by atoms with Gasteiger partial charge in [-0.05, 0) is 50.4 Å². The first-order chi connectivity index (χ1) is 8.01. The predicted octanol–water partition coefficient (Wildman–Crippen LogP) is 3.99. The molecule has 0 aliphatic rings. The number of nitrogens with one attached hydrogen (secondary N) is 1. The number of hydrazone groups is 1. The van der Waals surface area contributed by atoms with Crippen molar-refractivity contribution in [2.75, 3.05) is 5.43 Å². The average Bonchev–Trinajstić information content (AvgIpc) is 2.31. The first kappa shape index (κ1) is 14.0. The van der Waals surface area contributed by atoms with Crippen LogP contribution in [0.1, 0.15) is 5.56 Å². The Bertz CT molecular complexity index is 553. The summed E-state index contributed by atoms with van der Waals surface area (Å²) in [6, 6.07) is 5.02. The summed E-state index contributed by atoms with van der Waals surface area (Å²) < 4.78 is 1.40. The highest BCUT2D eigenvalue weighted by atomic mass is 79.9. The van der Waals surface area contributed by atoms with Gasteiger partial charge in [0.05, 0.1) is 5.69 Å². The second-order valence-electron chi connectivity index (χ2n) is 2.95. The van der Waals surface area contributed by atoms with Gasteiger partial charge in [-0.2, -0.15) is 15.6 Å². The highest BCUT2D eigenvalue weighted by Gasteiger charge is 2.11. The molecule has 1 aromatic carbocycles. The zero-order valence-corrected chi connectivity index (χ0v) is 12.5. The van der Waals surface area contributed by atoms with Crippen LogP contribution >= 0.6 is 43.5 Å². The van der Waals surface area contributed by atoms with E-state index in [-0.39, 0.29) is 5.71 Å². The van der Waals surface area contributed by atoms with Gasteiger partial charge < -0.3 is 0 Å². The van der Waals surface area contributed by atoms with Crippen molar-refractivity contribution in [3.8, 4) is 12.1 Å². The smallest absolute Gasteiger partial charge is 0.237 e. The minimum Gasteiger partial charge on any atom is -0.274 e.